The van der Waals surface area contributed by atoms with Crippen LogP contribution in [0.25, 0.3) is 22.2 Å². The molecule has 2 aromatic heterocycles. The first kappa shape index (κ1) is 35.0. The van der Waals surface area contributed by atoms with Crippen LogP contribution in [0.15, 0.2) is 23.2 Å². The van der Waals surface area contributed by atoms with E-state index in [4.69, 9.17) is 26.9 Å². The van der Waals surface area contributed by atoms with Crippen LogP contribution in [-0.4, -0.2) is 73.8 Å². The van der Waals surface area contributed by atoms with Crippen LogP contribution in [-0.2, 0) is 14.3 Å². The summed E-state index contributed by atoms with van der Waals surface area (Å²) in [6, 6.07) is 5.89. The molecule has 2 N–H and O–H groups in total. The van der Waals surface area contributed by atoms with E-state index in [1.54, 1.807) is 6.92 Å². The number of aromatic nitrogens is 4. The number of ether oxygens (including phenoxy) is 1. The summed E-state index contributed by atoms with van der Waals surface area (Å²) < 4.78 is 4.98. The number of methoxy groups -OCH3 is 1. The van der Waals surface area contributed by atoms with E-state index in [-0.39, 0.29) is 54.3 Å². The van der Waals surface area contributed by atoms with Gasteiger partial charge in [-0.05, 0) is 81.6 Å². The van der Waals surface area contributed by atoms with Gasteiger partial charge in [-0.25, -0.2) is 9.98 Å². The van der Waals surface area contributed by atoms with Gasteiger partial charge in [0.15, 0.2) is 5.78 Å². The molecule has 12 heteroatoms. The highest BCUT2D eigenvalue weighted by Gasteiger charge is 2.41. The fourth-order valence-corrected chi connectivity index (χ4v) is 7.97. The maximum Gasteiger partial charge on any atom is 0.305 e. The number of carbonyl (C=O) groups is 4. The number of carbonyl (C=O) groups excluding carboxylic acids is 4. The molecule has 0 saturated carbocycles. The fraction of sp³-hybridized carbons (Fsp3) is 0.447. The Morgan fingerprint density at radius 3 is 2.42 bits per heavy atom. The van der Waals surface area contributed by atoms with Crippen molar-refractivity contribution >= 4 is 63.1 Å². The quantitative estimate of drug-likeness (QED) is 0.0929. The molecule has 0 saturated heterocycles. The van der Waals surface area contributed by atoms with Crippen LogP contribution in [0.1, 0.15) is 144 Å². The maximum atomic E-state index is 14.6. The lowest BCUT2D eigenvalue weighted by atomic mass is 9.84. The molecule has 4 aliphatic heterocycles. The monoisotopic (exact) mass is 694 g/mol. The molecule has 2 aromatic rings. The van der Waals surface area contributed by atoms with Gasteiger partial charge in [-0.15, -0.1) is 0 Å². The standard InChI is InChI=1S/C38H42N6O5S/c1-8-23-18(2)25-16-30-32(22(6)45)20(4)27(41-30)14-26-19(3)24(10-11-31(46)49-7)35(42-26)34-36-33(21(5)28(43-36)15-29(23)40-25)37(47)44(38(34)48)13-9-12-39-17-50/h14-16,18-19,23-24,40,43H,8-13H2,1-7H3/t18-,19+,23-,24+/m1/s1. The smallest absolute Gasteiger partial charge is 0.305 e. The van der Waals surface area contributed by atoms with Gasteiger partial charge >= 0.3 is 5.97 Å². The molecule has 0 aromatic carbocycles. The number of imide groups is 1. The molecule has 4 aliphatic rings. The molecule has 0 unspecified atom stereocenters. The normalized spacial score (nSPS) is 20.5. The first-order valence-corrected chi connectivity index (χ1v) is 17.6. The molecule has 0 fully saturated rings. The summed E-state index contributed by atoms with van der Waals surface area (Å²) in [5.41, 5.74) is 8.20. The number of aliphatic imine (C=N–C) groups is 1. The third-order valence-electron chi connectivity index (χ3n) is 10.7. The highest BCUT2D eigenvalue weighted by atomic mass is 32.1. The van der Waals surface area contributed by atoms with Crippen molar-refractivity contribution in [1.29, 1.82) is 0 Å². The van der Waals surface area contributed by atoms with Gasteiger partial charge in [0.25, 0.3) is 11.8 Å². The van der Waals surface area contributed by atoms with Crippen LogP contribution in [0.3, 0.4) is 0 Å². The fourth-order valence-electron chi connectivity index (χ4n) is 7.87. The van der Waals surface area contributed by atoms with E-state index in [0.717, 1.165) is 28.9 Å². The van der Waals surface area contributed by atoms with Crippen molar-refractivity contribution in [3.05, 3.63) is 69.1 Å². The van der Waals surface area contributed by atoms with E-state index < -0.39 is 5.91 Å². The second-order valence-electron chi connectivity index (χ2n) is 13.5. The Morgan fingerprint density at radius 1 is 1.00 bits per heavy atom. The summed E-state index contributed by atoms with van der Waals surface area (Å²) in [5, 5.41) is 2.34. The Morgan fingerprint density at radius 2 is 1.74 bits per heavy atom. The van der Waals surface area contributed by atoms with Crippen molar-refractivity contribution in [2.24, 2.45) is 4.99 Å². The van der Waals surface area contributed by atoms with Crippen molar-refractivity contribution in [2.75, 3.05) is 20.2 Å². The molecule has 50 heavy (non-hydrogen) atoms. The Labute approximate surface area is 296 Å². The number of rotatable bonds is 9. The molecule has 8 bridgehead atoms. The number of Topliss-reactive ketones (excluding diaryl/α,β-unsaturated/α-hetero) is 1. The summed E-state index contributed by atoms with van der Waals surface area (Å²) in [7, 11) is 1.35. The number of amides is 2. The lowest BCUT2D eigenvalue weighted by molar-refractivity contribution is -0.140. The zero-order chi connectivity index (χ0) is 36.0. The molecule has 6 rings (SSSR count). The molecule has 2 amide bonds. The predicted octanol–water partition coefficient (Wildman–Crippen LogP) is 7.09. The number of thiocarbonyl (C=S) groups is 1. The summed E-state index contributed by atoms with van der Waals surface area (Å²) in [4.78, 5) is 76.6. The maximum absolute atomic E-state index is 14.6. The van der Waals surface area contributed by atoms with Gasteiger partial charge in [0.1, 0.15) is 0 Å². The molecule has 4 atom stereocenters. The van der Waals surface area contributed by atoms with Crippen molar-refractivity contribution in [3.8, 4) is 0 Å². The minimum atomic E-state index is -0.460. The van der Waals surface area contributed by atoms with Gasteiger partial charge in [-0.3, -0.25) is 29.1 Å². The van der Waals surface area contributed by atoms with Crippen LogP contribution < -0.4 is 0 Å². The summed E-state index contributed by atoms with van der Waals surface area (Å²) in [6.45, 7) is 12.1. The molecule has 0 spiro atoms. The largest absolute Gasteiger partial charge is 0.469 e. The summed E-state index contributed by atoms with van der Waals surface area (Å²) in [5.74, 6) is -1.62. The van der Waals surface area contributed by atoms with Gasteiger partial charge in [-0.2, -0.15) is 0 Å². The van der Waals surface area contributed by atoms with E-state index in [1.165, 1.54) is 12.0 Å². The van der Waals surface area contributed by atoms with Crippen molar-refractivity contribution in [1.82, 2.24) is 24.8 Å². The van der Waals surface area contributed by atoms with E-state index >= 15 is 0 Å². The highest BCUT2D eigenvalue weighted by Crippen LogP contribution is 2.45. The average Bonchev–Trinajstić information content (AvgIpc) is 3.76. The summed E-state index contributed by atoms with van der Waals surface area (Å²) >= 11 is 4.72. The molecular formula is C38H42N6O5S. The topological polar surface area (TPSA) is 150 Å². The van der Waals surface area contributed by atoms with Gasteiger partial charge in [0.2, 0.25) is 0 Å². The van der Waals surface area contributed by atoms with E-state index in [1.807, 2.05) is 39.0 Å². The molecule has 260 valence electrons. The Balaban J connectivity index is 1.74. The van der Waals surface area contributed by atoms with Gasteiger partial charge in [0.05, 0.1) is 52.5 Å². The Kier molecular flexibility index (Phi) is 9.70. The lowest BCUT2D eigenvalue weighted by Gasteiger charge is -2.27. The Hall–Kier alpha value is -4.80. The highest BCUT2D eigenvalue weighted by molar-refractivity contribution is 7.78. The minimum Gasteiger partial charge on any atom is -0.469 e. The number of nitrogens with one attached hydrogen (secondary N) is 2. The third kappa shape index (κ3) is 5.90. The SMILES string of the molecule is CC[C@H]1c2cc3[nH]c4c(c5nc(cc6nc(cc([nH]2)[C@@H]1C)C(C(C)=O)=C6C)[C@@H](C)[C@@H]5CCC(=O)OC)C(=O)N(CCCN=C=S)C(=O)c4c3C. The molecule has 6 heterocycles. The van der Waals surface area contributed by atoms with Crippen LogP contribution in [0.5, 0.6) is 0 Å². The zero-order valence-electron chi connectivity index (χ0n) is 29.5. The number of hydrogen-bond acceptors (Lipinski definition) is 9. The van der Waals surface area contributed by atoms with Crippen molar-refractivity contribution in [2.45, 2.75) is 90.9 Å². The number of H-pyrrole nitrogens is 2. The number of fused-ring (bicyclic) bond motifs is 8. The first-order chi connectivity index (χ1) is 23.9. The van der Waals surface area contributed by atoms with Crippen LogP contribution in [0.2, 0.25) is 0 Å². The number of hydrogen-bond donors (Lipinski definition) is 2. The molecule has 0 aliphatic carbocycles. The van der Waals surface area contributed by atoms with Crippen LogP contribution >= 0.6 is 12.2 Å². The number of ketones is 1. The van der Waals surface area contributed by atoms with Crippen molar-refractivity contribution in [3.63, 3.8) is 0 Å². The van der Waals surface area contributed by atoms with Gasteiger partial charge < -0.3 is 14.7 Å². The lowest BCUT2D eigenvalue weighted by Crippen LogP contribution is -2.41. The number of esters is 1. The van der Waals surface area contributed by atoms with Crippen molar-refractivity contribution < 1.29 is 23.9 Å². The second-order valence-corrected chi connectivity index (χ2v) is 13.7. The number of isothiocyanates is 1. The van der Waals surface area contributed by atoms with E-state index in [0.29, 0.717) is 69.9 Å². The molecule has 0 radical (unpaired) electrons. The zero-order valence-corrected chi connectivity index (χ0v) is 30.3. The predicted molar refractivity (Wildman–Crippen MR) is 194 cm³/mol. The number of allylic oxidation sites excluding steroid dienone is 2. The first-order valence-electron chi connectivity index (χ1n) is 17.2. The van der Waals surface area contributed by atoms with Gasteiger partial charge in [-0.1, -0.05) is 20.8 Å². The molecule has 11 nitrogen and oxygen atoms in total. The second kappa shape index (κ2) is 13.8. The average molecular weight is 695 g/mol. The minimum absolute atomic E-state index is 0.0800. The Bertz CT molecular complexity index is 2100. The number of nitrogens with zero attached hydrogens (tertiary/aromatic N) is 4. The number of aromatic amines is 2. The van der Waals surface area contributed by atoms with Crippen LogP contribution in [0, 0.1) is 6.92 Å². The molecular weight excluding hydrogens is 653 g/mol. The third-order valence-corrected chi connectivity index (χ3v) is 10.8. The van der Waals surface area contributed by atoms with Gasteiger partial charge in [0, 0.05) is 64.8 Å². The summed E-state index contributed by atoms with van der Waals surface area (Å²) in [6.07, 6.45) is 1.76. The van der Waals surface area contributed by atoms with E-state index in [9.17, 15) is 19.2 Å². The van der Waals surface area contributed by atoms with E-state index in [2.05, 4.69) is 34.0 Å². The van der Waals surface area contributed by atoms with Crippen LogP contribution in [0.4, 0.5) is 0 Å². The number of aryl methyl sites for hydroxylation is 1.